The Morgan fingerprint density at radius 1 is 1.00 bits per heavy atom. The minimum Gasteiger partial charge on any atom is -0.330 e. The third-order valence-corrected chi connectivity index (χ3v) is 6.38. The van der Waals surface area contributed by atoms with Gasteiger partial charge in [-0.25, -0.2) is 0 Å². The molecule has 0 unspecified atom stereocenters. The molecule has 1 aromatic heterocycles. The topological polar surface area (TPSA) is 75.2 Å². The highest BCUT2D eigenvalue weighted by molar-refractivity contribution is 8.01. The van der Waals surface area contributed by atoms with Crippen molar-refractivity contribution in [1.29, 1.82) is 0 Å². The van der Waals surface area contributed by atoms with Gasteiger partial charge in [-0.2, -0.15) is 0 Å². The number of hydrogen-bond acceptors (Lipinski definition) is 7. The first kappa shape index (κ1) is 18.6. The average Bonchev–Trinajstić information content (AvgIpc) is 3.24. The molecule has 142 valence electrons. The van der Waals surface area contributed by atoms with Gasteiger partial charge in [-0.15, -0.1) is 10.2 Å². The number of nitrogens with one attached hydrogen (secondary N) is 1. The van der Waals surface area contributed by atoms with Crippen LogP contribution in [0.5, 0.6) is 0 Å². The number of fused-ring (bicyclic) bond motifs is 1. The van der Waals surface area contributed by atoms with E-state index >= 15 is 0 Å². The van der Waals surface area contributed by atoms with E-state index in [1.54, 1.807) is 24.3 Å². The van der Waals surface area contributed by atoms with Gasteiger partial charge in [0.05, 0.1) is 17.0 Å². The van der Waals surface area contributed by atoms with Gasteiger partial charge >= 0.3 is 0 Å². The molecule has 1 aliphatic heterocycles. The molecule has 1 aliphatic rings. The normalized spacial score (nSPS) is 13.3. The maximum atomic E-state index is 12.4. The number of amides is 2. The van der Waals surface area contributed by atoms with Crippen molar-refractivity contribution in [1.82, 2.24) is 15.1 Å². The summed E-state index contributed by atoms with van der Waals surface area (Å²) in [4.78, 5) is 26.0. The van der Waals surface area contributed by atoms with Crippen molar-refractivity contribution in [2.24, 2.45) is 0 Å². The Morgan fingerprint density at radius 3 is 2.25 bits per heavy atom. The summed E-state index contributed by atoms with van der Waals surface area (Å²) in [6, 6.07) is 15.1. The van der Waals surface area contributed by atoms with Crippen LogP contribution in [0.4, 0.5) is 10.8 Å². The predicted molar refractivity (Wildman–Crippen MR) is 111 cm³/mol. The molecule has 0 saturated heterocycles. The third-order valence-electron chi connectivity index (χ3n) is 4.43. The Labute approximate surface area is 171 Å². The number of benzene rings is 2. The lowest BCUT2D eigenvalue weighted by Gasteiger charge is -2.11. The first-order chi connectivity index (χ1) is 13.5. The van der Waals surface area contributed by atoms with E-state index in [4.69, 9.17) is 0 Å². The van der Waals surface area contributed by atoms with Gasteiger partial charge in [-0.3, -0.25) is 14.5 Å². The van der Waals surface area contributed by atoms with Crippen LogP contribution in [-0.2, 0) is 0 Å². The molecule has 0 atom stereocenters. The molecule has 28 heavy (non-hydrogen) atoms. The summed E-state index contributed by atoms with van der Waals surface area (Å²) in [5.74, 6) is 0.174. The summed E-state index contributed by atoms with van der Waals surface area (Å²) >= 11 is 2.71. The van der Waals surface area contributed by atoms with Crippen LogP contribution in [0, 0.1) is 0 Å². The van der Waals surface area contributed by atoms with E-state index in [1.165, 1.54) is 33.6 Å². The largest absolute Gasteiger partial charge is 0.330 e. The lowest BCUT2D eigenvalue weighted by molar-refractivity contribution is 0.0684. The molecule has 1 N–H and O–H groups in total. The van der Waals surface area contributed by atoms with Gasteiger partial charge in [0.15, 0.2) is 4.34 Å². The van der Waals surface area contributed by atoms with Crippen molar-refractivity contribution in [2.75, 3.05) is 11.2 Å². The van der Waals surface area contributed by atoms with E-state index in [1.807, 2.05) is 12.1 Å². The molecule has 2 aromatic carbocycles. The van der Waals surface area contributed by atoms with Gasteiger partial charge in [-0.05, 0) is 35.7 Å². The quantitative estimate of drug-likeness (QED) is 0.467. The first-order valence-electron chi connectivity index (χ1n) is 8.81. The maximum absolute atomic E-state index is 12.4. The molecule has 4 rings (SSSR count). The van der Waals surface area contributed by atoms with Crippen molar-refractivity contribution in [3.05, 3.63) is 65.2 Å². The number of nitrogens with zero attached hydrogens (tertiary/aromatic N) is 3. The highest BCUT2D eigenvalue weighted by Gasteiger charge is 2.35. The van der Waals surface area contributed by atoms with Crippen molar-refractivity contribution < 1.29 is 9.59 Å². The van der Waals surface area contributed by atoms with Gasteiger partial charge in [0.25, 0.3) is 11.8 Å². The Bertz CT molecular complexity index is 996. The lowest BCUT2D eigenvalue weighted by Crippen LogP contribution is -2.29. The summed E-state index contributed by atoms with van der Waals surface area (Å²) < 4.78 is 0.692. The Balaban J connectivity index is 1.38. The molecule has 0 fully saturated rings. The molecule has 2 heterocycles. The SMILES string of the molecule is CC(C)c1ccc(Nc2nnc(SCN3C(=O)c4ccccc4C3=O)s2)cc1. The number of thioether (sulfide) groups is 1. The summed E-state index contributed by atoms with van der Waals surface area (Å²) in [7, 11) is 0. The van der Waals surface area contributed by atoms with E-state index in [9.17, 15) is 9.59 Å². The molecule has 0 bridgehead atoms. The van der Waals surface area contributed by atoms with E-state index < -0.39 is 0 Å². The first-order valence-corrected chi connectivity index (χ1v) is 10.6. The van der Waals surface area contributed by atoms with Crippen LogP contribution in [0.15, 0.2) is 52.9 Å². The molecular formula is C20H18N4O2S2. The van der Waals surface area contributed by atoms with Crippen LogP contribution >= 0.6 is 23.1 Å². The molecule has 6 nitrogen and oxygen atoms in total. The Hall–Kier alpha value is -2.71. The number of hydrogen-bond donors (Lipinski definition) is 1. The minimum atomic E-state index is -0.263. The summed E-state index contributed by atoms with van der Waals surface area (Å²) in [6.45, 7) is 4.32. The van der Waals surface area contributed by atoms with Crippen molar-refractivity contribution in [3.8, 4) is 0 Å². The van der Waals surface area contributed by atoms with Crippen LogP contribution < -0.4 is 5.32 Å². The maximum Gasteiger partial charge on any atom is 0.262 e. The van der Waals surface area contributed by atoms with Crippen LogP contribution in [0.3, 0.4) is 0 Å². The molecule has 2 amide bonds. The van der Waals surface area contributed by atoms with Crippen molar-refractivity contribution in [2.45, 2.75) is 24.1 Å². The van der Waals surface area contributed by atoms with Crippen LogP contribution in [0.2, 0.25) is 0 Å². The molecule has 3 aromatic rings. The number of imide groups is 1. The standard InChI is InChI=1S/C20H18N4O2S2/c1-12(2)13-7-9-14(10-8-13)21-19-22-23-20(28-19)27-11-24-17(25)15-5-3-4-6-16(15)18(24)26/h3-10,12H,11H2,1-2H3,(H,21,22). The molecular weight excluding hydrogens is 392 g/mol. The smallest absolute Gasteiger partial charge is 0.262 e. The van der Waals surface area contributed by atoms with Gasteiger partial charge in [0.1, 0.15) is 0 Å². The summed E-state index contributed by atoms with van der Waals surface area (Å²) in [5.41, 5.74) is 3.13. The average molecular weight is 411 g/mol. The van der Waals surface area contributed by atoms with Crippen molar-refractivity contribution in [3.63, 3.8) is 0 Å². The zero-order valence-electron chi connectivity index (χ0n) is 15.4. The third kappa shape index (κ3) is 3.65. The van der Waals surface area contributed by atoms with Crippen LogP contribution in [-0.4, -0.2) is 32.8 Å². The highest BCUT2D eigenvalue weighted by Crippen LogP contribution is 2.31. The van der Waals surface area contributed by atoms with Gasteiger partial charge in [0.2, 0.25) is 5.13 Å². The lowest BCUT2D eigenvalue weighted by atomic mass is 10.0. The number of aromatic nitrogens is 2. The Morgan fingerprint density at radius 2 is 1.64 bits per heavy atom. The summed E-state index contributed by atoms with van der Waals surface area (Å²) in [6.07, 6.45) is 0. The Kier molecular flexibility index (Phi) is 5.15. The summed E-state index contributed by atoms with van der Waals surface area (Å²) in [5, 5.41) is 12.2. The number of carbonyl (C=O) groups excluding carboxylic acids is 2. The second kappa shape index (κ2) is 7.73. The number of rotatable bonds is 6. The van der Waals surface area contributed by atoms with E-state index in [0.717, 1.165) is 5.69 Å². The second-order valence-corrected chi connectivity index (χ2v) is 8.80. The highest BCUT2D eigenvalue weighted by atomic mass is 32.2. The minimum absolute atomic E-state index is 0.212. The van der Waals surface area contributed by atoms with Crippen molar-refractivity contribution >= 4 is 45.7 Å². The monoisotopic (exact) mass is 410 g/mol. The van der Waals surface area contributed by atoms with E-state index in [2.05, 4.69) is 41.5 Å². The van der Waals surface area contributed by atoms with Gasteiger partial charge in [-0.1, -0.05) is 61.2 Å². The fourth-order valence-corrected chi connectivity index (χ4v) is 4.57. The fourth-order valence-electron chi connectivity index (χ4n) is 2.87. The molecule has 0 spiro atoms. The van der Waals surface area contributed by atoms with Crippen LogP contribution in [0.25, 0.3) is 0 Å². The second-order valence-electron chi connectivity index (χ2n) is 6.63. The molecule has 0 aliphatic carbocycles. The van der Waals surface area contributed by atoms with E-state index in [-0.39, 0.29) is 17.7 Å². The van der Waals surface area contributed by atoms with E-state index in [0.29, 0.717) is 26.5 Å². The predicted octanol–water partition coefficient (Wildman–Crippen LogP) is 4.75. The fraction of sp³-hybridized carbons (Fsp3) is 0.200. The zero-order chi connectivity index (χ0) is 19.7. The van der Waals surface area contributed by atoms with Crippen LogP contribution in [0.1, 0.15) is 46.0 Å². The zero-order valence-corrected chi connectivity index (χ0v) is 17.0. The number of carbonyl (C=O) groups is 2. The van der Waals surface area contributed by atoms with Gasteiger partial charge in [0, 0.05) is 5.69 Å². The molecule has 0 saturated carbocycles. The molecule has 8 heteroatoms. The molecule has 0 radical (unpaired) electrons. The van der Waals surface area contributed by atoms with Gasteiger partial charge < -0.3 is 5.32 Å². The number of anilines is 2.